The van der Waals surface area contributed by atoms with E-state index in [9.17, 15) is 9.59 Å². The Morgan fingerprint density at radius 1 is 0.759 bits per heavy atom. The van der Waals surface area contributed by atoms with E-state index in [-0.39, 0.29) is 11.8 Å². The number of nitrogens with one attached hydrogen (secondary N) is 4. The molecular weight excluding hydrogens is 364 g/mol. The first-order chi connectivity index (χ1) is 13.8. The van der Waals surface area contributed by atoms with Crippen molar-refractivity contribution in [3.05, 3.63) is 24.8 Å². The Bertz CT molecular complexity index is 362. The number of carbonyl (C=O) groups excluding carboxylic acids is 2. The van der Waals surface area contributed by atoms with Gasteiger partial charge < -0.3 is 21.3 Å². The van der Waals surface area contributed by atoms with Crippen LogP contribution in [0.4, 0.5) is 0 Å². The number of amides is 2. The Balaban J connectivity index is -0.000000151. The van der Waals surface area contributed by atoms with Gasteiger partial charge in [0, 0.05) is 18.7 Å². The Hall–Kier alpha value is -1.66. The molecule has 6 nitrogen and oxygen atoms in total. The lowest BCUT2D eigenvalue weighted by Gasteiger charge is -2.01. The van der Waals surface area contributed by atoms with Gasteiger partial charge in [0.05, 0.1) is 0 Å². The maximum atomic E-state index is 10.8. The zero-order valence-corrected chi connectivity index (χ0v) is 20.4. The van der Waals surface area contributed by atoms with Crippen molar-refractivity contribution in [1.82, 2.24) is 21.3 Å². The van der Waals surface area contributed by atoms with E-state index >= 15 is 0 Å². The number of carbonyl (C=O) groups is 2. The highest BCUT2D eigenvalue weighted by molar-refractivity contribution is 5.92. The summed E-state index contributed by atoms with van der Waals surface area (Å²) in [5, 5.41) is 11.6. The maximum absolute atomic E-state index is 10.8. The molecule has 0 aliphatic heterocycles. The molecule has 0 radical (unpaired) electrons. The van der Waals surface area contributed by atoms with E-state index in [0.717, 1.165) is 65.0 Å². The third-order valence-corrected chi connectivity index (χ3v) is 3.22. The normalized spacial score (nSPS) is 8.66. The molecule has 0 heterocycles. The van der Waals surface area contributed by atoms with Crippen LogP contribution in [0.3, 0.4) is 0 Å². The summed E-state index contributed by atoms with van der Waals surface area (Å²) in [6.45, 7) is 27.0. The highest BCUT2D eigenvalue weighted by Gasteiger charge is 1.97. The molecule has 29 heavy (non-hydrogen) atoms. The van der Waals surface area contributed by atoms with Gasteiger partial charge in [-0.3, -0.25) is 9.59 Å². The van der Waals surface area contributed by atoms with Crippen LogP contribution in [-0.4, -0.2) is 51.1 Å². The Morgan fingerprint density at radius 2 is 1.14 bits per heavy atom. The van der Waals surface area contributed by atoms with E-state index in [1.54, 1.807) is 6.92 Å². The van der Waals surface area contributed by atoms with Crippen LogP contribution in [0.15, 0.2) is 24.8 Å². The Kier molecular flexibility index (Phi) is 40.7. The van der Waals surface area contributed by atoms with E-state index in [2.05, 4.69) is 76.0 Å². The summed E-state index contributed by atoms with van der Waals surface area (Å²) < 4.78 is 0. The molecule has 0 bridgehead atoms. The average Bonchev–Trinajstić information content (AvgIpc) is 2.70. The molecule has 0 unspecified atom stereocenters. The quantitative estimate of drug-likeness (QED) is 0.289. The maximum Gasteiger partial charge on any atom is 0.246 e. The lowest BCUT2D eigenvalue weighted by atomic mass is 10.3. The Morgan fingerprint density at radius 3 is 1.38 bits per heavy atom. The van der Waals surface area contributed by atoms with Crippen LogP contribution in [0.5, 0.6) is 0 Å². The van der Waals surface area contributed by atoms with Gasteiger partial charge in [0.15, 0.2) is 0 Å². The number of unbranched alkanes of at least 4 members (excludes halogenated alkanes) is 2. The van der Waals surface area contributed by atoms with E-state index in [0.29, 0.717) is 5.57 Å². The molecule has 0 fully saturated rings. The highest BCUT2D eigenvalue weighted by Crippen LogP contribution is 1.87. The van der Waals surface area contributed by atoms with Gasteiger partial charge in [-0.15, -0.1) is 0 Å². The van der Waals surface area contributed by atoms with Crippen LogP contribution in [-0.2, 0) is 9.59 Å². The van der Waals surface area contributed by atoms with Gasteiger partial charge in [-0.1, -0.05) is 67.5 Å². The highest BCUT2D eigenvalue weighted by atomic mass is 16.2. The first kappa shape index (κ1) is 34.8. The van der Waals surface area contributed by atoms with E-state index in [4.69, 9.17) is 0 Å². The van der Waals surface area contributed by atoms with E-state index in [1.165, 1.54) is 6.08 Å². The second kappa shape index (κ2) is 33.9. The van der Waals surface area contributed by atoms with Crippen molar-refractivity contribution in [2.45, 2.75) is 74.1 Å². The third-order valence-electron chi connectivity index (χ3n) is 3.22. The second-order valence-electron chi connectivity index (χ2n) is 6.15. The molecule has 0 aliphatic rings. The summed E-state index contributed by atoms with van der Waals surface area (Å²) in [6.07, 6.45) is 5.59. The minimum Gasteiger partial charge on any atom is -0.353 e. The standard InChI is InChI=1S/C8H15NO.C7H13NO.2C4H11N/c1-4-5-6-9-8(10)7(2)3;1-3-5-6-8-7(9)4-2;2*1-3-5-4-2/h2,4-6H2,1,3H3,(H,9,10);4H,2-3,5-6H2,1H3,(H,8,9);2*5H,3-4H2,1-2H3. The van der Waals surface area contributed by atoms with Gasteiger partial charge in [-0.25, -0.2) is 0 Å². The summed E-state index contributed by atoms with van der Waals surface area (Å²) >= 11 is 0. The van der Waals surface area contributed by atoms with Gasteiger partial charge in [0.25, 0.3) is 0 Å². The van der Waals surface area contributed by atoms with Crippen molar-refractivity contribution in [1.29, 1.82) is 0 Å². The smallest absolute Gasteiger partial charge is 0.246 e. The van der Waals surface area contributed by atoms with E-state index in [1.807, 2.05) is 0 Å². The fourth-order valence-corrected chi connectivity index (χ4v) is 1.49. The van der Waals surface area contributed by atoms with Crippen molar-refractivity contribution in [2.75, 3.05) is 39.3 Å². The minimum atomic E-state index is -0.0801. The molecule has 0 aromatic heterocycles. The van der Waals surface area contributed by atoms with Crippen LogP contribution >= 0.6 is 0 Å². The lowest BCUT2D eigenvalue weighted by molar-refractivity contribution is -0.117. The molecule has 4 N–H and O–H groups in total. The zero-order valence-electron chi connectivity index (χ0n) is 20.4. The molecule has 0 aliphatic carbocycles. The van der Waals surface area contributed by atoms with Crippen LogP contribution < -0.4 is 21.3 Å². The van der Waals surface area contributed by atoms with Gasteiger partial charge in [-0.2, -0.15) is 0 Å². The van der Waals surface area contributed by atoms with Gasteiger partial charge in [-0.05, 0) is 52.0 Å². The zero-order chi connectivity index (χ0) is 23.3. The average molecular weight is 415 g/mol. The summed E-state index contributed by atoms with van der Waals surface area (Å²) in [7, 11) is 0. The summed E-state index contributed by atoms with van der Waals surface area (Å²) in [6, 6.07) is 0. The summed E-state index contributed by atoms with van der Waals surface area (Å²) in [5.41, 5.74) is 0.580. The molecular formula is C23H50N4O2. The predicted molar refractivity (Wildman–Crippen MR) is 129 cm³/mol. The van der Waals surface area contributed by atoms with Crippen molar-refractivity contribution in [3.8, 4) is 0 Å². The Labute approximate surface area is 181 Å². The van der Waals surface area contributed by atoms with E-state index < -0.39 is 0 Å². The number of rotatable bonds is 12. The van der Waals surface area contributed by atoms with Crippen LogP contribution in [0.25, 0.3) is 0 Å². The molecule has 2 amide bonds. The fourth-order valence-electron chi connectivity index (χ4n) is 1.49. The first-order valence-corrected chi connectivity index (χ1v) is 11.1. The minimum absolute atomic E-state index is 0.0338. The van der Waals surface area contributed by atoms with Crippen LogP contribution in [0.1, 0.15) is 74.1 Å². The van der Waals surface area contributed by atoms with Crippen molar-refractivity contribution in [3.63, 3.8) is 0 Å². The molecule has 0 spiro atoms. The third kappa shape index (κ3) is 46.4. The SMILES string of the molecule is C=C(C)C(=O)NCCCC.C=CC(=O)NCCCC.CCNCC.CCNCC. The van der Waals surface area contributed by atoms with Gasteiger partial charge >= 0.3 is 0 Å². The molecule has 0 atom stereocenters. The molecule has 0 rings (SSSR count). The van der Waals surface area contributed by atoms with Gasteiger partial charge in [0.1, 0.15) is 0 Å². The summed E-state index contributed by atoms with van der Waals surface area (Å²) in [4.78, 5) is 21.3. The molecule has 0 aromatic rings. The van der Waals surface area contributed by atoms with Crippen molar-refractivity contribution >= 4 is 11.8 Å². The molecule has 174 valence electrons. The fraction of sp³-hybridized carbons (Fsp3) is 0.739. The summed E-state index contributed by atoms with van der Waals surface area (Å²) in [5.74, 6) is -0.114. The predicted octanol–water partition coefficient (Wildman–Crippen LogP) is 3.80. The number of hydrogen-bond acceptors (Lipinski definition) is 4. The monoisotopic (exact) mass is 414 g/mol. The number of hydrogen-bond donors (Lipinski definition) is 4. The molecule has 0 saturated heterocycles. The lowest BCUT2D eigenvalue weighted by Crippen LogP contribution is -2.24. The van der Waals surface area contributed by atoms with Crippen LogP contribution in [0.2, 0.25) is 0 Å². The first-order valence-electron chi connectivity index (χ1n) is 11.1. The topological polar surface area (TPSA) is 82.3 Å². The van der Waals surface area contributed by atoms with Crippen molar-refractivity contribution in [2.24, 2.45) is 0 Å². The van der Waals surface area contributed by atoms with Crippen LogP contribution in [0, 0.1) is 0 Å². The largest absolute Gasteiger partial charge is 0.353 e. The second-order valence-corrected chi connectivity index (χ2v) is 6.15. The molecule has 0 saturated carbocycles. The molecule has 6 heteroatoms. The van der Waals surface area contributed by atoms with Gasteiger partial charge in [0.2, 0.25) is 11.8 Å². The van der Waals surface area contributed by atoms with Crippen molar-refractivity contribution < 1.29 is 9.59 Å². The molecule has 0 aromatic carbocycles.